The SMILES string of the molecule is O=C(O)c1ccccc1NCCC1CCCO1. The van der Waals surface area contributed by atoms with Crippen LogP contribution in [0.25, 0.3) is 0 Å². The molecule has 0 aromatic heterocycles. The first-order valence-corrected chi connectivity index (χ1v) is 5.95. The van der Waals surface area contributed by atoms with Gasteiger partial charge in [0.1, 0.15) is 0 Å². The van der Waals surface area contributed by atoms with E-state index < -0.39 is 5.97 Å². The van der Waals surface area contributed by atoms with Crippen molar-refractivity contribution in [3.8, 4) is 0 Å². The molecule has 1 heterocycles. The number of anilines is 1. The summed E-state index contributed by atoms with van der Waals surface area (Å²) in [6, 6.07) is 6.96. The molecule has 0 radical (unpaired) electrons. The second kappa shape index (κ2) is 5.68. The third-order valence-corrected chi connectivity index (χ3v) is 2.96. The molecule has 17 heavy (non-hydrogen) atoms. The van der Waals surface area contributed by atoms with E-state index in [9.17, 15) is 4.79 Å². The summed E-state index contributed by atoms with van der Waals surface area (Å²) in [7, 11) is 0. The van der Waals surface area contributed by atoms with E-state index in [0.717, 1.165) is 32.4 Å². The number of carbonyl (C=O) groups is 1. The molecule has 1 aromatic rings. The molecule has 4 nitrogen and oxygen atoms in total. The van der Waals surface area contributed by atoms with E-state index in [1.807, 2.05) is 6.07 Å². The van der Waals surface area contributed by atoms with Crippen LogP contribution >= 0.6 is 0 Å². The lowest BCUT2D eigenvalue weighted by atomic mass is 10.1. The minimum absolute atomic E-state index is 0.319. The van der Waals surface area contributed by atoms with Crippen LogP contribution in [0.4, 0.5) is 5.69 Å². The van der Waals surface area contributed by atoms with E-state index in [1.165, 1.54) is 0 Å². The molecule has 1 unspecified atom stereocenters. The van der Waals surface area contributed by atoms with E-state index in [-0.39, 0.29) is 0 Å². The second-order valence-corrected chi connectivity index (χ2v) is 4.20. The normalized spacial score (nSPS) is 19.2. The number of hydrogen-bond donors (Lipinski definition) is 2. The number of carboxylic acids is 1. The van der Waals surface area contributed by atoms with Crippen molar-refractivity contribution in [3.05, 3.63) is 29.8 Å². The first-order chi connectivity index (χ1) is 8.27. The fraction of sp³-hybridized carbons (Fsp3) is 0.462. The van der Waals surface area contributed by atoms with Crippen LogP contribution in [0.15, 0.2) is 24.3 Å². The lowest BCUT2D eigenvalue weighted by molar-refractivity contribution is 0.0698. The van der Waals surface area contributed by atoms with E-state index in [4.69, 9.17) is 9.84 Å². The zero-order valence-electron chi connectivity index (χ0n) is 9.69. The molecule has 1 saturated heterocycles. The molecular formula is C13H17NO3. The van der Waals surface area contributed by atoms with Gasteiger partial charge in [0.25, 0.3) is 0 Å². The van der Waals surface area contributed by atoms with Gasteiger partial charge in [0.15, 0.2) is 0 Å². The van der Waals surface area contributed by atoms with Crippen LogP contribution in [0.1, 0.15) is 29.6 Å². The molecule has 1 aliphatic rings. The maximum atomic E-state index is 11.0. The van der Waals surface area contributed by atoms with Gasteiger partial charge in [-0.1, -0.05) is 12.1 Å². The summed E-state index contributed by atoms with van der Waals surface area (Å²) in [6.45, 7) is 1.60. The summed E-state index contributed by atoms with van der Waals surface area (Å²) in [5.74, 6) is -0.898. The van der Waals surface area contributed by atoms with E-state index in [2.05, 4.69) is 5.32 Å². The molecule has 0 bridgehead atoms. The Labute approximate surface area is 101 Å². The lowest BCUT2D eigenvalue weighted by Gasteiger charge is -2.12. The van der Waals surface area contributed by atoms with Crippen molar-refractivity contribution >= 4 is 11.7 Å². The van der Waals surface area contributed by atoms with E-state index >= 15 is 0 Å². The number of benzene rings is 1. The van der Waals surface area contributed by atoms with Gasteiger partial charge >= 0.3 is 5.97 Å². The van der Waals surface area contributed by atoms with Crippen LogP contribution in [0.5, 0.6) is 0 Å². The largest absolute Gasteiger partial charge is 0.478 e. The molecule has 1 fully saturated rings. The third kappa shape index (κ3) is 3.20. The molecule has 0 spiro atoms. The van der Waals surface area contributed by atoms with Gasteiger partial charge in [-0.15, -0.1) is 0 Å². The highest BCUT2D eigenvalue weighted by atomic mass is 16.5. The first kappa shape index (κ1) is 11.9. The maximum absolute atomic E-state index is 11.0. The smallest absolute Gasteiger partial charge is 0.337 e. The molecule has 4 heteroatoms. The van der Waals surface area contributed by atoms with Gasteiger partial charge in [-0.05, 0) is 31.4 Å². The van der Waals surface area contributed by atoms with Gasteiger partial charge in [0.05, 0.1) is 11.7 Å². The number of nitrogens with one attached hydrogen (secondary N) is 1. The Morgan fingerprint density at radius 2 is 2.29 bits per heavy atom. The van der Waals surface area contributed by atoms with Crippen LogP contribution in [0.2, 0.25) is 0 Å². The molecule has 0 saturated carbocycles. The summed E-state index contributed by atoms with van der Waals surface area (Å²) in [5.41, 5.74) is 0.998. The Kier molecular flexibility index (Phi) is 3.98. The Hall–Kier alpha value is -1.55. The van der Waals surface area contributed by atoms with Crippen molar-refractivity contribution in [2.45, 2.75) is 25.4 Å². The van der Waals surface area contributed by atoms with Crippen LogP contribution in [0, 0.1) is 0 Å². The van der Waals surface area contributed by atoms with Crippen molar-refractivity contribution in [3.63, 3.8) is 0 Å². The fourth-order valence-electron chi connectivity index (χ4n) is 2.06. The molecule has 0 aliphatic carbocycles. The van der Waals surface area contributed by atoms with Gasteiger partial charge in [0.2, 0.25) is 0 Å². The molecule has 1 aliphatic heterocycles. The maximum Gasteiger partial charge on any atom is 0.337 e. The van der Waals surface area contributed by atoms with Gasteiger partial charge in [-0.2, -0.15) is 0 Å². The van der Waals surface area contributed by atoms with Gasteiger partial charge < -0.3 is 15.2 Å². The summed E-state index contributed by atoms with van der Waals surface area (Å²) < 4.78 is 5.51. The van der Waals surface area contributed by atoms with Crippen LogP contribution in [-0.2, 0) is 4.74 Å². The number of ether oxygens (including phenoxy) is 1. The predicted molar refractivity (Wildman–Crippen MR) is 65.5 cm³/mol. The highest BCUT2D eigenvalue weighted by molar-refractivity contribution is 5.94. The monoisotopic (exact) mass is 235 g/mol. The quantitative estimate of drug-likeness (QED) is 0.822. The summed E-state index contributed by atoms with van der Waals surface area (Å²) in [4.78, 5) is 11.0. The minimum Gasteiger partial charge on any atom is -0.478 e. The van der Waals surface area contributed by atoms with Gasteiger partial charge in [0, 0.05) is 18.8 Å². The molecule has 2 N–H and O–H groups in total. The highest BCUT2D eigenvalue weighted by Crippen LogP contribution is 2.17. The molecule has 92 valence electrons. The Balaban J connectivity index is 1.87. The van der Waals surface area contributed by atoms with Gasteiger partial charge in [-0.25, -0.2) is 4.79 Å². The second-order valence-electron chi connectivity index (χ2n) is 4.20. The summed E-state index contributed by atoms with van der Waals surface area (Å²) in [5, 5.41) is 12.2. The molecule has 0 amide bonds. The number of aromatic carboxylic acids is 1. The Morgan fingerprint density at radius 3 is 3.00 bits per heavy atom. The molecule has 1 aromatic carbocycles. The van der Waals surface area contributed by atoms with Crippen molar-refractivity contribution in [2.24, 2.45) is 0 Å². The first-order valence-electron chi connectivity index (χ1n) is 5.95. The number of hydrogen-bond acceptors (Lipinski definition) is 3. The zero-order valence-corrected chi connectivity index (χ0v) is 9.69. The third-order valence-electron chi connectivity index (χ3n) is 2.96. The lowest BCUT2D eigenvalue weighted by Crippen LogP contribution is -2.14. The van der Waals surface area contributed by atoms with E-state index in [1.54, 1.807) is 18.2 Å². The number of carboxylic acid groups (broad SMARTS) is 1. The topological polar surface area (TPSA) is 58.6 Å². The molecule has 1 atom stereocenters. The van der Waals surface area contributed by atoms with Crippen LogP contribution < -0.4 is 5.32 Å². The summed E-state index contributed by atoms with van der Waals surface area (Å²) >= 11 is 0. The predicted octanol–water partition coefficient (Wildman–Crippen LogP) is 2.37. The highest BCUT2D eigenvalue weighted by Gasteiger charge is 2.15. The summed E-state index contributed by atoms with van der Waals surface area (Å²) in [6.07, 6.45) is 3.51. The number of para-hydroxylation sites is 1. The van der Waals surface area contributed by atoms with Crippen molar-refractivity contribution in [1.29, 1.82) is 0 Å². The standard InChI is InChI=1S/C13H17NO3/c15-13(16)11-5-1-2-6-12(11)14-8-7-10-4-3-9-17-10/h1-2,5-6,10,14H,3-4,7-9H2,(H,15,16). The fourth-order valence-corrected chi connectivity index (χ4v) is 2.06. The van der Waals surface area contributed by atoms with E-state index in [0.29, 0.717) is 17.4 Å². The molecule has 2 rings (SSSR count). The molecular weight excluding hydrogens is 218 g/mol. The minimum atomic E-state index is -0.898. The van der Waals surface area contributed by atoms with Crippen molar-refractivity contribution in [2.75, 3.05) is 18.5 Å². The average molecular weight is 235 g/mol. The van der Waals surface area contributed by atoms with Crippen LogP contribution in [-0.4, -0.2) is 30.3 Å². The number of rotatable bonds is 5. The average Bonchev–Trinajstić information content (AvgIpc) is 2.82. The van der Waals surface area contributed by atoms with Crippen molar-refractivity contribution in [1.82, 2.24) is 0 Å². The Bertz CT molecular complexity index is 386. The van der Waals surface area contributed by atoms with Gasteiger partial charge in [-0.3, -0.25) is 0 Å². The van der Waals surface area contributed by atoms with Crippen molar-refractivity contribution < 1.29 is 14.6 Å². The Morgan fingerprint density at radius 1 is 1.47 bits per heavy atom. The zero-order chi connectivity index (χ0) is 12.1. The van der Waals surface area contributed by atoms with Crippen LogP contribution in [0.3, 0.4) is 0 Å².